The van der Waals surface area contributed by atoms with Crippen LogP contribution in [-0.4, -0.2) is 66.4 Å². The van der Waals surface area contributed by atoms with Crippen LogP contribution in [0, 0.1) is 5.92 Å². The van der Waals surface area contributed by atoms with Crippen molar-refractivity contribution >= 4 is 36.6 Å². The highest BCUT2D eigenvalue weighted by molar-refractivity contribution is 5.87. The Bertz CT molecular complexity index is 417. The standard InChI is InChI=1S/C17H32N4O2.2ClH/c1-13(2)16(18)17(23)19-11-15(22)21-10-6-7-14(21)12-20-8-4-3-5-9-20;;/h13-14,16H,3-12,18H2,1-2H3,(H,19,23);2*1H/t14?,16-;;/m0../s1. The summed E-state index contributed by atoms with van der Waals surface area (Å²) >= 11 is 0. The highest BCUT2D eigenvalue weighted by Gasteiger charge is 2.30. The maximum Gasteiger partial charge on any atom is 0.242 e. The molecule has 3 N–H and O–H groups in total. The van der Waals surface area contributed by atoms with Crippen LogP contribution in [0.4, 0.5) is 0 Å². The van der Waals surface area contributed by atoms with Crippen molar-refractivity contribution < 1.29 is 9.59 Å². The summed E-state index contributed by atoms with van der Waals surface area (Å²) < 4.78 is 0. The summed E-state index contributed by atoms with van der Waals surface area (Å²) in [6.45, 7) is 7.96. The van der Waals surface area contributed by atoms with E-state index in [2.05, 4.69) is 10.2 Å². The van der Waals surface area contributed by atoms with E-state index in [0.717, 1.165) is 39.0 Å². The van der Waals surface area contributed by atoms with Gasteiger partial charge in [0, 0.05) is 19.1 Å². The first-order chi connectivity index (χ1) is 11.0. The van der Waals surface area contributed by atoms with Gasteiger partial charge in [-0.1, -0.05) is 20.3 Å². The van der Waals surface area contributed by atoms with Gasteiger partial charge in [-0.15, -0.1) is 24.8 Å². The molecule has 0 aromatic rings. The molecular weight excluding hydrogens is 363 g/mol. The predicted molar refractivity (Wildman–Crippen MR) is 105 cm³/mol. The van der Waals surface area contributed by atoms with Crippen molar-refractivity contribution in [3.05, 3.63) is 0 Å². The van der Waals surface area contributed by atoms with E-state index < -0.39 is 6.04 Å². The third kappa shape index (κ3) is 7.29. The third-order valence-corrected chi connectivity index (χ3v) is 5.05. The normalized spacial score (nSPS) is 22.1. The molecule has 0 bridgehead atoms. The van der Waals surface area contributed by atoms with E-state index in [1.807, 2.05) is 18.7 Å². The Kier molecular flexibility index (Phi) is 11.7. The van der Waals surface area contributed by atoms with Gasteiger partial charge in [0.2, 0.25) is 11.8 Å². The predicted octanol–water partition coefficient (Wildman–Crippen LogP) is 1.41. The maximum absolute atomic E-state index is 12.4. The van der Waals surface area contributed by atoms with Crippen molar-refractivity contribution in [3.63, 3.8) is 0 Å². The molecule has 0 aromatic heterocycles. The second-order valence-corrected chi connectivity index (χ2v) is 7.23. The zero-order valence-electron chi connectivity index (χ0n) is 15.4. The Balaban J connectivity index is 0.00000288. The molecule has 0 aliphatic carbocycles. The molecule has 2 atom stereocenters. The zero-order chi connectivity index (χ0) is 16.8. The molecule has 2 saturated heterocycles. The van der Waals surface area contributed by atoms with Gasteiger partial charge in [0.25, 0.3) is 0 Å². The van der Waals surface area contributed by atoms with Gasteiger partial charge < -0.3 is 20.9 Å². The molecule has 6 nitrogen and oxygen atoms in total. The fraction of sp³-hybridized carbons (Fsp3) is 0.882. The molecular formula is C17H34Cl2N4O2. The summed E-state index contributed by atoms with van der Waals surface area (Å²) in [5, 5.41) is 2.70. The van der Waals surface area contributed by atoms with E-state index in [4.69, 9.17) is 5.73 Å². The van der Waals surface area contributed by atoms with Crippen molar-refractivity contribution in [2.45, 2.75) is 58.0 Å². The minimum absolute atomic E-state index is 0. The second-order valence-electron chi connectivity index (χ2n) is 7.23. The SMILES string of the molecule is CC(C)[C@H](N)C(=O)NCC(=O)N1CCCC1CN1CCCCC1.Cl.Cl. The summed E-state index contributed by atoms with van der Waals surface area (Å²) in [7, 11) is 0. The van der Waals surface area contributed by atoms with Crippen molar-refractivity contribution in [1.29, 1.82) is 0 Å². The lowest BCUT2D eigenvalue weighted by Gasteiger charge is -2.33. The number of hydrogen-bond donors (Lipinski definition) is 2. The number of nitrogens with zero attached hydrogens (tertiary/aromatic N) is 2. The zero-order valence-corrected chi connectivity index (χ0v) is 17.0. The molecule has 0 spiro atoms. The number of amides is 2. The topological polar surface area (TPSA) is 78.7 Å². The van der Waals surface area contributed by atoms with E-state index in [-0.39, 0.29) is 49.1 Å². The minimum Gasteiger partial charge on any atom is -0.346 e. The molecule has 0 saturated carbocycles. The van der Waals surface area contributed by atoms with E-state index in [1.54, 1.807) is 0 Å². The number of carbonyl (C=O) groups is 2. The lowest BCUT2D eigenvalue weighted by Crippen LogP contribution is -2.50. The fourth-order valence-corrected chi connectivity index (χ4v) is 3.48. The molecule has 0 radical (unpaired) electrons. The Morgan fingerprint density at radius 2 is 1.72 bits per heavy atom. The average molecular weight is 397 g/mol. The minimum atomic E-state index is -0.550. The van der Waals surface area contributed by atoms with Crippen LogP contribution in [0.2, 0.25) is 0 Å². The smallest absolute Gasteiger partial charge is 0.242 e. The Morgan fingerprint density at radius 3 is 2.32 bits per heavy atom. The number of carbonyl (C=O) groups excluding carboxylic acids is 2. The van der Waals surface area contributed by atoms with Gasteiger partial charge >= 0.3 is 0 Å². The molecule has 0 aromatic carbocycles. The number of halogens is 2. The first-order valence-corrected chi connectivity index (χ1v) is 9.04. The molecule has 25 heavy (non-hydrogen) atoms. The third-order valence-electron chi connectivity index (χ3n) is 5.05. The van der Waals surface area contributed by atoms with Gasteiger partial charge in [-0.3, -0.25) is 9.59 Å². The second kappa shape index (κ2) is 11.9. The van der Waals surface area contributed by atoms with Crippen LogP contribution in [0.5, 0.6) is 0 Å². The summed E-state index contributed by atoms with van der Waals surface area (Å²) in [5.74, 6) is -0.141. The molecule has 2 aliphatic rings. The van der Waals surface area contributed by atoms with Crippen molar-refractivity contribution in [1.82, 2.24) is 15.1 Å². The van der Waals surface area contributed by atoms with Crippen molar-refractivity contribution in [3.8, 4) is 0 Å². The van der Waals surface area contributed by atoms with Gasteiger partial charge in [-0.25, -0.2) is 0 Å². The van der Waals surface area contributed by atoms with E-state index in [0.29, 0.717) is 6.04 Å². The molecule has 1 unspecified atom stereocenters. The number of piperidine rings is 1. The quantitative estimate of drug-likeness (QED) is 0.710. The largest absolute Gasteiger partial charge is 0.346 e. The Labute approximate surface area is 164 Å². The van der Waals surface area contributed by atoms with Crippen LogP contribution in [0.3, 0.4) is 0 Å². The van der Waals surface area contributed by atoms with Crippen LogP contribution in [0.15, 0.2) is 0 Å². The van der Waals surface area contributed by atoms with E-state index >= 15 is 0 Å². The first-order valence-electron chi connectivity index (χ1n) is 9.04. The van der Waals surface area contributed by atoms with E-state index in [1.165, 1.54) is 19.3 Å². The van der Waals surface area contributed by atoms with Crippen LogP contribution >= 0.6 is 24.8 Å². The first kappa shape index (κ1) is 24.4. The molecule has 2 rings (SSSR count). The van der Waals surface area contributed by atoms with Crippen LogP contribution in [-0.2, 0) is 9.59 Å². The van der Waals surface area contributed by atoms with Gasteiger partial charge in [0.15, 0.2) is 0 Å². The number of likely N-dealkylation sites (tertiary alicyclic amines) is 2. The Hall–Kier alpha value is -0.560. The number of hydrogen-bond acceptors (Lipinski definition) is 4. The lowest BCUT2D eigenvalue weighted by atomic mass is 10.1. The van der Waals surface area contributed by atoms with Gasteiger partial charge in [-0.05, 0) is 44.7 Å². The summed E-state index contributed by atoms with van der Waals surface area (Å²) in [6, 6.07) is -0.248. The highest BCUT2D eigenvalue weighted by Crippen LogP contribution is 2.20. The van der Waals surface area contributed by atoms with Gasteiger partial charge in [0.05, 0.1) is 12.6 Å². The summed E-state index contributed by atoms with van der Waals surface area (Å²) in [5.41, 5.74) is 5.81. The molecule has 2 aliphatic heterocycles. The monoisotopic (exact) mass is 396 g/mol. The molecule has 2 heterocycles. The molecule has 2 fully saturated rings. The van der Waals surface area contributed by atoms with Gasteiger partial charge in [-0.2, -0.15) is 0 Å². The lowest BCUT2D eigenvalue weighted by molar-refractivity contribution is -0.134. The van der Waals surface area contributed by atoms with Crippen LogP contribution in [0.25, 0.3) is 0 Å². The average Bonchev–Trinajstić information content (AvgIpc) is 3.00. The summed E-state index contributed by atoms with van der Waals surface area (Å²) in [4.78, 5) is 28.8. The molecule has 8 heteroatoms. The van der Waals surface area contributed by atoms with Crippen molar-refractivity contribution in [2.75, 3.05) is 32.7 Å². The van der Waals surface area contributed by atoms with Gasteiger partial charge in [0.1, 0.15) is 0 Å². The van der Waals surface area contributed by atoms with E-state index in [9.17, 15) is 9.59 Å². The molecule has 2 amide bonds. The number of rotatable bonds is 6. The highest BCUT2D eigenvalue weighted by atomic mass is 35.5. The molecule has 148 valence electrons. The number of nitrogens with one attached hydrogen (secondary N) is 1. The fourth-order valence-electron chi connectivity index (χ4n) is 3.48. The number of nitrogens with two attached hydrogens (primary N) is 1. The van der Waals surface area contributed by atoms with Crippen LogP contribution < -0.4 is 11.1 Å². The van der Waals surface area contributed by atoms with Crippen molar-refractivity contribution in [2.24, 2.45) is 11.7 Å². The Morgan fingerprint density at radius 1 is 1.08 bits per heavy atom. The summed E-state index contributed by atoms with van der Waals surface area (Å²) in [6.07, 6.45) is 5.99. The van der Waals surface area contributed by atoms with Crippen LogP contribution in [0.1, 0.15) is 46.0 Å². The maximum atomic E-state index is 12.4.